The van der Waals surface area contributed by atoms with Crippen molar-refractivity contribution in [1.82, 2.24) is 4.98 Å². The number of pyridine rings is 1. The molecule has 4 heteroatoms. The smallest absolute Gasteiger partial charge is 0.123 e. The van der Waals surface area contributed by atoms with Crippen molar-refractivity contribution in [3.63, 3.8) is 0 Å². The standard InChI is InChI=1S/C28H32FNOS/c1-17-14-28(2,3)15-22-23(17)24(20-12-13-32-16-20)25(26(30-22)18-6-4-5-7-18)27(31)19-8-10-21(29)11-9-19/h8-13,16-18,27,31H,4-7,14-15H2,1-3H3/t17-,27?/m0/s1. The molecule has 3 aromatic rings. The summed E-state index contributed by atoms with van der Waals surface area (Å²) in [6.45, 7) is 6.99. The number of hydrogen-bond acceptors (Lipinski definition) is 3. The zero-order chi connectivity index (χ0) is 22.5. The summed E-state index contributed by atoms with van der Waals surface area (Å²) >= 11 is 1.69. The minimum Gasteiger partial charge on any atom is -0.384 e. The first kappa shape index (κ1) is 21.8. The minimum absolute atomic E-state index is 0.218. The van der Waals surface area contributed by atoms with E-state index in [1.807, 2.05) is 0 Å². The Kier molecular flexibility index (Phi) is 5.71. The van der Waals surface area contributed by atoms with E-state index in [1.165, 1.54) is 47.4 Å². The number of benzene rings is 1. The molecule has 1 unspecified atom stereocenters. The minimum atomic E-state index is -0.818. The first-order chi connectivity index (χ1) is 15.3. The van der Waals surface area contributed by atoms with E-state index in [1.54, 1.807) is 23.5 Å². The number of thiophene rings is 1. The van der Waals surface area contributed by atoms with E-state index in [-0.39, 0.29) is 11.2 Å². The monoisotopic (exact) mass is 449 g/mol. The molecular weight excluding hydrogens is 417 g/mol. The van der Waals surface area contributed by atoms with Gasteiger partial charge >= 0.3 is 0 Å². The molecule has 2 aliphatic rings. The number of fused-ring (bicyclic) bond motifs is 1. The number of nitrogens with zero attached hydrogens (tertiary/aromatic N) is 1. The molecule has 0 amide bonds. The van der Waals surface area contributed by atoms with Gasteiger partial charge in [0.25, 0.3) is 0 Å². The van der Waals surface area contributed by atoms with Gasteiger partial charge in [0, 0.05) is 17.2 Å². The van der Waals surface area contributed by atoms with Crippen molar-refractivity contribution in [1.29, 1.82) is 0 Å². The number of aromatic nitrogens is 1. The Morgan fingerprint density at radius 1 is 1.12 bits per heavy atom. The Hall–Kier alpha value is -2.04. The Labute approximate surface area is 194 Å². The molecule has 168 valence electrons. The molecule has 5 rings (SSSR count). The van der Waals surface area contributed by atoms with Gasteiger partial charge in [0.05, 0.1) is 5.69 Å². The molecule has 2 aromatic heterocycles. The van der Waals surface area contributed by atoms with Crippen molar-refractivity contribution in [3.05, 3.63) is 75.0 Å². The highest BCUT2D eigenvalue weighted by Crippen LogP contribution is 2.50. The third-order valence-corrected chi connectivity index (χ3v) is 8.07. The van der Waals surface area contributed by atoms with Crippen LogP contribution in [0.3, 0.4) is 0 Å². The Morgan fingerprint density at radius 3 is 2.50 bits per heavy atom. The fourth-order valence-corrected chi connectivity index (χ4v) is 6.77. The topological polar surface area (TPSA) is 33.1 Å². The lowest BCUT2D eigenvalue weighted by atomic mass is 9.68. The molecule has 1 saturated carbocycles. The van der Waals surface area contributed by atoms with Gasteiger partial charge in [0.2, 0.25) is 0 Å². The van der Waals surface area contributed by atoms with Crippen molar-refractivity contribution in [2.75, 3.05) is 0 Å². The van der Waals surface area contributed by atoms with Crippen LogP contribution >= 0.6 is 11.3 Å². The van der Waals surface area contributed by atoms with E-state index >= 15 is 0 Å². The van der Waals surface area contributed by atoms with Gasteiger partial charge in [-0.3, -0.25) is 4.98 Å². The molecular formula is C28H32FNOS. The molecule has 0 aliphatic heterocycles. The second-order valence-electron chi connectivity index (χ2n) is 10.5. The molecule has 1 aromatic carbocycles. The highest BCUT2D eigenvalue weighted by Gasteiger charge is 2.37. The van der Waals surface area contributed by atoms with Gasteiger partial charge in [-0.1, -0.05) is 45.7 Å². The van der Waals surface area contributed by atoms with E-state index in [0.29, 0.717) is 11.8 Å². The van der Waals surface area contributed by atoms with Crippen LogP contribution in [0.15, 0.2) is 41.1 Å². The SMILES string of the molecule is C[C@H]1CC(C)(C)Cc2nc(C3CCCC3)c(C(O)c3ccc(F)cc3)c(-c3ccsc3)c21. The van der Waals surface area contributed by atoms with Crippen molar-refractivity contribution >= 4 is 11.3 Å². The van der Waals surface area contributed by atoms with Gasteiger partial charge in [0.1, 0.15) is 11.9 Å². The van der Waals surface area contributed by atoms with Gasteiger partial charge in [0.15, 0.2) is 0 Å². The predicted octanol–water partition coefficient (Wildman–Crippen LogP) is 7.76. The maximum atomic E-state index is 13.6. The average Bonchev–Trinajstić information content (AvgIpc) is 3.46. The van der Waals surface area contributed by atoms with E-state index in [0.717, 1.165) is 42.5 Å². The third-order valence-electron chi connectivity index (χ3n) is 7.39. The average molecular weight is 450 g/mol. The van der Waals surface area contributed by atoms with Gasteiger partial charge in [-0.15, -0.1) is 0 Å². The second-order valence-corrected chi connectivity index (χ2v) is 11.3. The van der Waals surface area contributed by atoms with Gasteiger partial charge in [-0.05, 0) is 88.2 Å². The molecule has 0 radical (unpaired) electrons. The summed E-state index contributed by atoms with van der Waals surface area (Å²) in [7, 11) is 0. The highest BCUT2D eigenvalue weighted by atomic mass is 32.1. The normalized spacial score (nSPS) is 21.5. The van der Waals surface area contributed by atoms with E-state index in [4.69, 9.17) is 4.98 Å². The van der Waals surface area contributed by atoms with Crippen molar-refractivity contribution in [3.8, 4) is 11.1 Å². The molecule has 2 aliphatic carbocycles. The van der Waals surface area contributed by atoms with Crippen molar-refractivity contribution in [2.45, 2.75) is 77.2 Å². The van der Waals surface area contributed by atoms with E-state index in [9.17, 15) is 9.50 Å². The molecule has 2 heterocycles. The fraction of sp³-hybridized carbons (Fsp3) is 0.464. The van der Waals surface area contributed by atoms with Gasteiger partial charge in [-0.25, -0.2) is 4.39 Å². The zero-order valence-electron chi connectivity index (χ0n) is 19.2. The Bertz CT molecular complexity index is 1100. The fourth-order valence-electron chi connectivity index (χ4n) is 6.12. The summed E-state index contributed by atoms with van der Waals surface area (Å²) in [5.74, 6) is 0.463. The van der Waals surface area contributed by atoms with Crippen LogP contribution in [0.4, 0.5) is 4.39 Å². The van der Waals surface area contributed by atoms with Crippen LogP contribution in [0.5, 0.6) is 0 Å². The number of aliphatic hydroxyl groups is 1. The highest BCUT2D eigenvalue weighted by molar-refractivity contribution is 7.08. The summed E-state index contributed by atoms with van der Waals surface area (Å²) in [5.41, 5.74) is 7.85. The lowest BCUT2D eigenvalue weighted by molar-refractivity contribution is 0.217. The summed E-state index contributed by atoms with van der Waals surface area (Å²) in [6.07, 6.45) is 5.93. The Balaban J connectivity index is 1.80. The van der Waals surface area contributed by atoms with Crippen LogP contribution < -0.4 is 0 Å². The zero-order valence-corrected chi connectivity index (χ0v) is 20.0. The Morgan fingerprint density at radius 2 is 1.84 bits per heavy atom. The largest absolute Gasteiger partial charge is 0.384 e. The first-order valence-corrected chi connectivity index (χ1v) is 12.8. The van der Waals surface area contributed by atoms with Crippen LogP contribution in [0.2, 0.25) is 0 Å². The molecule has 1 N–H and O–H groups in total. The van der Waals surface area contributed by atoms with E-state index < -0.39 is 6.10 Å². The second kappa shape index (κ2) is 8.39. The summed E-state index contributed by atoms with van der Waals surface area (Å²) < 4.78 is 13.6. The molecule has 32 heavy (non-hydrogen) atoms. The van der Waals surface area contributed by atoms with Crippen molar-refractivity contribution < 1.29 is 9.50 Å². The predicted molar refractivity (Wildman–Crippen MR) is 130 cm³/mol. The molecule has 2 atom stereocenters. The molecule has 2 nitrogen and oxygen atoms in total. The summed E-state index contributed by atoms with van der Waals surface area (Å²) in [6, 6.07) is 8.47. The molecule has 0 saturated heterocycles. The van der Waals surface area contributed by atoms with Crippen LogP contribution in [0.1, 0.15) is 98.9 Å². The van der Waals surface area contributed by atoms with Crippen LogP contribution in [-0.2, 0) is 6.42 Å². The number of hydrogen-bond donors (Lipinski definition) is 1. The quantitative estimate of drug-likeness (QED) is 0.441. The van der Waals surface area contributed by atoms with Crippen LogP contribution in [0.25, 0.3) is 11.1 Å². The van der Waals surface area contributed by atoms with Gasteiger partial charge in [-0.2, -0.15) is 11.3 Å². The summed E-state index contributed by atoms with van der Waals surface area (Å²) in [4.78, 5) is 5.35. The van der Waals surface area contributed by atoms with Crippen LogP contribution in [-0.4, -0.2) is 10.1 Å². The molecule has 1 fully saturated rings. The lowest BCUT2D eigenvalue weighted by Gasteiger charge is -2.38. The first-order valence-electron chi connectivity index (χ1n) is 11.9. The lowest BCUT2D eigenvalue weighted by Crippen LogP contribution is -2.28. The maximum Gasteiger partial charge on any atom is 0.123 e. The number of aliphatic hydroxyl groups excluding tert-OH is 1. The van der Waals surface area contributed by atoms with Gasteiger partial charge < -0.3 is 5.11 Å². The number of rotatable bonds is 4. The molecule has 0 bridgehead atoms. The number of halogens is 1. The van der Waals surface area contributed by atoms with Crippen LogP contribution in [0, 0.1) is 11.2 Å². The van der Waals surface area contributed by atoms with E-state index in [2.05, 4.69) is 37.6 Å². The third kappa shape index (κ3) is 3.92. The van der Waals surface area contributed by atoms with Crippen molar-refractivity contribution in [2.24, 2.45) is 5.41 Å². The summed E-state index contributed by atoms with van der Waals surface area (Å²) in [5, 5.41) is 16.0. The molecule has 0 spiro atoms. The maximum absolute atomic E-state index is 13.6.